The predicted octanol–water partition coefficient (Wildman–Crippen LogP) is 1.47. The Balaban J connectivity index is 2.06. The maximum absolute atomic E-state index is 11.9. The molecule has 0 unspecified atom stereocenters. The number of benzene rings is 1. The molecule has 0 radical (unpaired) electrons. The maximum Gasteiger partial charge on any atom is 0.251 e. The lowest BCUT2D eigenvalue weighted by Gasteiger charge is -2.14. The van der Waals surface area contributed by atoms with Crippen molar-refractivity contribution in [3.05, 3.63) is 34.9 Å². The first-order valence-electron chi connectivity index (χ1n) is 5.28. The molecule has 1 heterocycles. The summed E-state index contributed by atoms with van der Waals surface area (Å²) < 4.78 is 22.7. The lowest BCUT2D eigenvalue weighted by molar-refractivity contribution is 0.0941. The van der Waals surface area contributed by atoms with E-state index in [1.807, 2.05) is 0 Å². The second kappa shape index (κ2) is 5.07. The van der Waals surface area contributed by atoms with Gasteiger partial charge in [-0.25, -0.2) is 8.42 Å². The third-order valence-electron chi connectivity index (χ3n) is 2.71. The number of rotatable bonds is 2. The average molecular weight is 308 g/mol. The second-order valence-electron chi connectivity index (χ2n) is 4.18. The van der Waals surface area contributed by atoms with Crippen LogP contribution in [-0.4, -0.2) is 37.2 Å². The summed E-state index contributed by atoms with van der Waals surface area (Å²) in [6.45, 7) is 0. The molecule has 1 aromatic carbocycles. The van der Waals surface area contributed by atoms with Gasteiger partial charge in [-0.2, -0.15) is 0 Å². The molecule has 1 N–H and O–H groups in total. The van der Waals surface area contributed by atoms with Gasteiger partial charge in [0, 0.05) is 10.6 Å². The summed E-state index contributed by atoms with van der Waals surface area (Å²) in [4.78, 5) is 11.9. The minimum Gasteiger partial charge on any atom is -0.347 e. The van der Waals surface area contributed by atoms with E-state index in [0.717, 1.165) is 0 Å². The van der Waals surface area contributed by atoms with Crippen molar-refractivity contribution in [1.29, 1.82) is 0 Å². The van der Waals surface area contributed by atoms with E-state index in [2.05, 4.69) is 5.32 Å². The molecule has 2 atom stereocenters. The summed E-state index contributed by atoms with van der Waals surface area (Å²) in [5.41, 5.74) is 0.424. The Kier molecular flexibility index (Phi) is 3.84. The number of halogens is 2. The minimum absolute atomic E-state index is 0.0971. The van der Waals surface area contributed by atoms with Crippen LogP contribution in [-0.2, 0) is 9.84 Å². The Morgan fingerprint density at radius 3 is 2.33 bits per heavy atom. The lowest BCUT2D eigenvalue weighted by atomic mass is 10.2. The highest BCUT2D eigenvalue weighted by Crippen LogP contribution is 2.18. The first-order chi connectivity index (χ1) is 8.37. The lowest BCUT2D eigenvalue weighted by Crippen LogP contribution is -2.40. The van der Waals surface area contributed by atoms with Gasteiger partial charge in [-0.15, -0.1) is 11.6 Å². The fourth-order valence-electron chi connectivity index (χ4n) is 1.79. The number of carbonyl (C=O) groups excluding carboxylic acids is 1. The van der Waals surface area contributed by atoms with Crippen LogP contribution in [0.25, 0.3) is 0 Å². The summed E-state index contributed by atoms with van der Waals surface area (Å²) in [6, 6.07) is 5.80. The molecule has 1 aliphatic rings. The summed E-state index contributed by atoms with van der Waals surface area (Å²) in [6.07, 6.45) is 0. The van der Waals surface area contributed by atoms with E-state index in [4.69, 9.17) is 23.2 Å². The molecule has 1 aromatic rings. The molecule has 0 aromatic heterocycles. The van der Waals surface area contributed by atoms with E-state index >= 15 is 0 Å². The molecule has 18 heavy (non-hydrogen) atoms. The van der Waals surface area contributed by atoms with Gasteiger partial charge in [0.05, 0.1) is 22.9 Å². The summed E-state index contributed by atoms with van der Waals surface area (Å²) in [5.74, 6) is -0.555. The molecular weight excluding hydrogens is 297 g/mol. The molecular formula is C11H11Cl2NO3S. The monoisotopic (exact) mass is 307 g/mol. The standard InChI is InChI=1S/C11H11Cl2NO3S/c12-8-3-1-7(2-4-8)11(15)14-10-6-18(16,17)5-9(10)13/h1-4,9-10H,5-6H2,(H,14,15)/t9-,10+/m0/s1. The highest BCUT2D eigenvalue weighted by atomic mass is 35.5. The number of amides is 1. The number of hydrogen-bond acceptors (Lipinski definition) is 3. The van der Waals surface area contributed by atoms with Crippen LogP contribution in [0.15, 0.2) is 24.3 Å². The van der Waals surface area contributed by atoms with Crippen molar-refractivity contribution in [3.8, 4) is 0 Å². The highest BCUT2D eigenvalue weighted by molar-refractivity contribution is 7.91. The van der Waals surface area contributed by atoms with E-state index in [-0.39, 0.29) is 17.4 Å². The molecule has 0 spiro atoms. The van der Waals surface area contributed by atoms with Gasteiger partial charge in [0.25, 0.3) is 5.91 Å². The van der Waals surface area contributed by atoms with Crippen molar-refractivity contribution in [2.75, 3.05) is 11.5 Å². The molecule has 0 aliphatic carbocycles. The van der Waals surface area contributed by atoms with Crippen LogP contribution in [0.3, 0.4) is 0 Å². The zero-order valence-electron chi connectivity index (χ0n) is 9.27. The molecule has 4 nitrogen and oxygen atoms in total. The van der Waals surface area contributed by atoms with Gasteiger partial charge >= 0.3 is 0 Å². The van der Waals surface area contributed by atoms with E-state index in [1.165, 1.54) is 0 Å². The molecule has 1 fully saturated rings. The maximum atomic E-state index is 11.9. The van der Waals surface area contributed by atoms with Crippen molar-refractivity contribution in [2.24, 2.45) is 0 Å². The van der Waals surface area contributed by atoms with Crippen molar-refractivity contribution < 1.29 is 13.2 Å². The summed E-state index contributed by atoms with van der Waals surface area (Å²) in [5, 5.41) is 2.58. The van der Waals surface area contributed by atoms with Crippen LogP contribution in [0.1, 0.15) is 10.4 Å². The van der Waals surface area contributed by atoms with Crippen LogP contribution in [0, 0.1) is 0 Å². The third kappa shape index (κ3) is 3.16. The van der Waals surface area contributed by atoms with Gasteiger partial charge < -0.3 is 5.32 Å². The van der Waals surface area contributed by atoms with Gasteiger partial charge in [0.15, 0.2) is 9.84 Å². The molecule has 1 amide bonds. The predicted molar refractivity (Wildman–Crippen MR) is 71.0 cm³/mol. The van der Waals surface area contributed by atoms with Gasteiger partial charge in [-0.3, -0.25) is 4.79 Å². The van der Waals surface area contributed by atoms with E-state index < -0.39 is 21.3 Å². The molecule has 7 heteroatoms. The van der Waals surface area contributed by atoms with Crippen molar-refractivity contribution >= 4 is 38.9 Å². The molecule has 0 saturated carbocycles. The molecule has 2 rings (SSSR count). The largest absolute Gasteiger partial charge is 0.347 e. The summed E-state index contributed by atoms with van der Waals surface area (Å²) >= 11 is 11.6. The van der Waals surface area contributed by atoms with Gasteiger partial charge in [-0.1, -0.05) is 11.6 Å². The Bertz CT molecular complexity index is 556. The van der Waals surface area contributed by atoms with Crippen LogP contribution in [0.4, 0.5) is 0 Å². The first kappa shape index (κ1) is 13.6. The zero-order chi connectivity index (χ0) is 13.3. The fourth-order valence-corrected chi connectivity index (χ4v) is 4.47. The van der Waals surface area contributed by atoms with Crippen LogP contribution < -0.4 is 5.32 Å². The molecule has 1 saturated heterocycles. The summed E-state index contributed by atoms with van der Waals surface area (Å²) in [7, 11) is -3.15. The Morgan fingerprint density at radius 2 is 1.83 bits per heavy atom. The van der Waals surface area contributed by atoms with Crippen molar-refractivity contribution in [2.45, 2.75) is 11.4 Å². The number of nitrogens with one attached hydrogen (secondary N) is 1. The van der Waals surface area contributed by atoms with Gasteiger partial charge in [0.2, 0.25) is 0 Å². The van der Waals surface area contributed by atoms with E-state index in [0.29, 0.717) is 10.6 Å². The van der Waals surface area contributed by atoms with E-state index in [1.54, 1.807) is 24.3 Å². The topological polar surface area (TPSA) is 63.2 Å². The normalized spacial score (nSPS) is 25.9. The average Bonchev–Trinajstić information content (AvgIpc) is 2.52. The van der Waals surface area contributed by atoms with Crippen LogP contribution in [0.5, 0.6) is 0 Å². The number of alkyl halides is 1. The minimum atomic E-state index is -3.15. The van der Waals surface area contributed by atoms with Crippen molar-refractivity contribution in [1.82, 2.24) is 5.32 Å². The Labute approximate surface area is 115 Å². The SMILES string of the molecule is O=C(N[C@@H]1CS(=O)(=O)C[C@@H]1Cl)c1ccc(Cl)cc1. The van der Waals surface area contributed by atoms with Crippen LogP contribution >= 0.6 is 23.2 Å². The molecule has 1 aliphatic heterocycles. The molecule has 98 valence electrons. The number of hydrogen-bond donors (Lipinski definition) is 1. The second-order valence-corrected chi connectivity index (χ2v) is 7.33. The van der Waals surface area contributed by atoms with Crippen LogP contribution in [0.2, 0.25) is 5.02 Å². The quantitative estimate of drug-likeness (QED) is 0.842. The number of carbonyl (C=O) groups is 1. The zero-order valence-corrected chi connectivity index (χ0v) is 11.6. The Morgan fingerprint density at radius 1 is 1.22 bits per heavy atom. The van der Waals surface area contributed by atoms with E-state index in [9.17, 15) is 13.2 Å². The van der Waals surface area contributed by atoms with Crippen molar-refractivity contribution in [3.63, 3.8) is 0 Å². The molecule has 0 bridgehead atoms. The third-order valence-corrected chi connectivity index (χ3v) is 5.33. The Hall–Kier alpha value is -0.780. The van der Waals surface area contributed by atoms with Gasteiger partial charge in [-0.05, 0) is 24.3 Å². The van der Waals surface area contributed by atoms with Gasteiger partial charge in [0.1, 0.15) is 0 Å². The highest BCUT2D eigenvalue weighted by Gasteiger charge is 2.37. The number of sulfone groups is 1. The first-order valence-corrected chi connectivity index (χ1v) is 7.92. The fraction of sp³-hybridized carbons (Fsp3) is 0.364. The smallest absolute Gasteiger partial charge is 0.251 e.